The third-order valence-corrected chi connectivity index (χ3v) is 7.72. The van der Waals surface area contributed by atoms with E-state index in [1.807, 2.05) is 42.4 Å². The Bertz CT molecular complexity index is 1690. The standard InChI is InChI=1S/C30H27F2N5O2/c1-36-30(39-29(35-36)21-4-3-12-37(16-21)17-23-24(31)5-2-6-25(23)32)20-7-9-26-22(15-20)28(34-33-26)19-8-10-27-18(14-19)11-13-38-27/h2,5-11,13-15,21,30H,3-4,12,16-17H2,1H3,(H,33,34). The van der Waals surface area contributed by atoms with Crippen molar-refractivity contribution >= 4 is 27.8 Å². The Kier molecular flexibility index (Phi) is 5.81. The van der Waals surface area contributed by atoms with Crippen molar-refractivity contribution in [2.45, 2.75) is 25.6 Å². The van der Waals surface area contributed by atoms with Crippen LogP contribution in [-0.2, 0) is 11.3 Å². The van der Waals surface area contributed by atoms with Crippen LogP contribution in [0.4, 0.5) is 8.78 Å². The first-order chi connectivity index (χ1) is 19.0. The summed E-state index contributed by atoms with van der Waals surface area (Å²) in [5, 5.41) is 16.3. The van der Waals surface area contributed by atoms with Gasteiger partial charge in [-0.1, -0.05) is 12.1 Å². The zero-order valence-electron chi connectivity index (χ0n) is 21.4. The fourth-order valence-electron chi connectivity index (χ4n) is 5.71. The van der Waals surface area contributed by atoms with E-state index in [0.29, 0.717) is 12.4 Å². The summed E-state index contributed by atoms with van der Waals surface area (Å²) < 4.78 is 40.4. The zero-order valence-corrected chi connectivity index (χ0v) is 21.4. The number of benzene rings is 3. The largest absolute Gasteiger partial charge is 0.464 e. The summed E-state index contributed by atoms with van der Waals surface area (Å²) in [5.74, 6) is -0.301. The minimum Gasteiger partial charge on any atom is -0.464 e. The first-order valence-electron chi connectivity index (χ1n) is 13.1. The van der Waals surface area contributed by atoms with E-state index in [0.717, 1.165) is 58.1 Å². The highest BCUT2D eigenvalue weighted by atomic mass is 19.1. The van der Waals surface area contributed by atoms with Gasteiger partial charge in [-0.05, 0) is 67.9 Å². The summed E-state index contributed by atoms with van der Waals surface area (Å²) in [4.78, 5) is 2.08. The molecule has 0 bridgehead atoms. The number of H-pyrrole nitrogens is 1. The van der Waals surface area contributed by atoms with Gasteiger partial charge in [-0.25, -0.2) is 8.78 Å². The first kappa shape index (κ1) is 23.8. The highest BCUT2D eigenvalue weighted by Crippen LogP contribution is 2.35. The van der Waals surface area contributed by atoms with Crippen LogP contribution in [0.3, 0.4) is 0 Å². The maximum absolute atomic E-state index is 14.2. The van der Waals surface area contributed by atoms with Crippen molar-refractivity contribution in [1.82, 2.24) is 20.1 Å². The lowest BCUT2D eigenvalue weighted by molar-refractivity contribution is 0.0690. The number of likely N-dealkylation sites (tertiary alicyclic amines) is 1. The van der Waals surface area contributed by atoms with Gasteiger partial charge in [0.25, 0.3) is 0 Å². The minimum atomic E-state index is -0.509. The molecule has 0 aliphatic carbocycles. The van der Waals surface area contributed by atoms with Crippen LogP contribution in [-0.4, -0.2) is 46.1 Å². The second-order valence-corrected chi connectivity index (χ2v) is 10.3. The highest BCUT2D eigenvalue weighted by molar-refractivity contribution is 5.95. The molecule has 0 spiro atoms. The third-order valence-electron chi connectivity index (χ3n) is 7.72. The first-order valence-corrected chi connectivity index (χ1v) is 13.1. The lowest BCUT2D eigenvalue weighted by Crippen LogP contribution is -2.38. The molecule has 0 radical (unpaired) electrons. The summed E-state index contributed by atoms with van der Waals surface area (Å²) in [5.41, 5.74) is 4.71. The quantitative estimate of drug-likeness (QED) is 0.285. The van der Waals surface area contributed by atoms with Crippen molar-refractivity contribution < 1.29 is 17.9 Å². The van der Waals surface area contributed by atoms with Crippen LogP contribution < -0.4 is 0 Å². The molecule has 0 saturated carbocycles. The fraction of sp³-hybridized carbons (Fsp3) is 0.267. The Labute approximate surface area is 223 Å². The number of nitrogens with zero attached hydrogens (tertiary/aromatic N) is 4. The summed E-state index contributed by atoms with van der Waals surface area (Å²) in [6, 6.07) is 18.1. The number of hydrogen-bond donors (Lipinski definition) is 1. The SMILES string of the molecule is CN1N=C(C2CCCN(Cc3c(F)cccc3F)C2)OC1c1ccc2[nH]nc(-c3ccc4occc4c3)c2c1. The van der Waals surface area contributed by atoms with E-state index in [-0.39, 0.29) is 24.3 Å². The number of aromatic nitrogens is 2. The molecule has 7 rings (SSSR count). The van der Waals surface area contributed by atoms with Crippen LogP contribution >= 0.6 is 0 Å². The molecule has 2 atom stereocenters. The van der Waals surface area contributed by atoms with E-state index in [1.165, 1.54) is 18.2 Å². The Hall–Kier alpha value is -4.24. The number of halogens is 2. The fourth-order valence-corrected chi connectivity index (χ4v) is 5.71. The maximum atomic E-state index is 14.2. The predicted octanol–water partition coefficient (Wildman–Crippen LogP) is 6.44. The van der Waals surface area contributed by atoms with Crippen LogP contribution in [0.5, 0.6) is 0 Å². The molecule has 7 nitrogen and oxygen atoms in total. The van der Waals surface area contributed by atoms with E-state index < -0.39 is 11.6 Å². The highest BCUT2D eigenvalue weighted by Gasteiger charge is 2.34. The molecule has 1 fully saturated rings. The van der Waals surface area contributed by atoms with Gasteiger partial charge in [0.2, 0.25) is 12.1 Å². The van der Waals surface area contributed by atoms with Gasteiger partial charge in [0, 0.05) is 53.5 Å². The molecular weight excluding hydrogens is 500 g/mol. The number of rotatable bonds is 5. The van der Waals surface area contributed by atoms with Gasteiger partial charge in [0.05, 0.1) is 17.5 Å². The number of hydrogen-bond acceptors (Lipinski definition) is 6. The molecule has 9 heteroatoms. The number of ether oxygens (including phenoxy) is 1. The molecule has 2 aliphatic rings. The van der Waals surface area contributed by atoms with Gasteiger partial charge in [-0.3, -0.25) is 15.0 Å². The van der Waals surface area contributed by atoms with E-state index >= 15 is 0 Å². The molecule has 0 amide bonds. The molecule has 4 heterocycles. The van der Waals surface area contributed by atoms with Crippen LogP contribution in [0.1, 0.15) is 30.2 Å². The van der Waals surface area contributed by atoms with Crippen LogP contribution in [0.2, 0.25) is 0 Å². The molecule has 39 heavy (non-hydrogen) atoms. The number of hydrazone groups is 1. The van der Waals surface area contributed by atoms with Crippen LogP contribution in [0, 0.1) is 17.6 Å². The molecule has 1 N–H and O–H groups in total. The number of piperidine rings is 1. The van der Waals surface area contributed by atoms with Gasteiger partial charge in [0.15, 0.2) is 0 Å². The molecule has 1 saturated heterocycles. The second-order valence-electron chi connectivity index (χ2n) is 10.3. The maximum Gasteiger partial charge on any atom is 0.214 e. The summed E-state index contributed by atoms with van der Waals surface area (Å²) in [6.45, 7) is 1.64. The molecule has 2 aromatic heterocycles. The van der Waals surface area contributed by atoms with Gasteiger partial charge in [-0.2, -0.15) is 5.10 Å². The van der Waals surface area contributed by atoms with Crippen molar-refractivity contribution in [2.75, 3.05) is 20.1 Å². The normalized spacial score (nSPS) is 20.1. The number of nitrogens with one attached hydrogen (secondary N) is 1. The van der Waals surface area contributed by atoms with Crippen molar-refractivity contribution in [3.05, 3.63) is 89.7 Å². The average molecular weight is 528 g/mol. The zero-order chi connectivity index (χ0) is 26.5. The van der Waals surface area contributed by atoms with Crippen molar-refractivity contribution in [3.63, 3.8) is 0 Å². The van der Waals surface area contributed by atoms with Gasteiger partial charge in [0.1, 0.15) is 17.2 Å². The molecule has 198 valence electrons. The van der Waals surface area contributed by atoms with E-state index in [4.69, 9.17) is 14.3 Å². The van der Waals surface area contributed by atoms with E-state index in [1.54, 1.807) is 6.26 Å². The number of fused-ring (bicyclic) bond motifs is 2. The smallest absolute Gasteiger partial charge is 0.214 e. The Morgan fingerprint density at radius 1 is 1.05 bits per heavy atom. The van der Waals surface area contributed by atoms with E-state index in [2.05, 4.69) is 27.2 Å². The lowest BCUT2D eigenvalue weighted by Gasteiger charge is -2.32. The average Bonchev–Trinajstić information content (AvgIpc) is 3.68. The number of furan rings is 1. The van der Waals surface area contributed by atoms with Crippen LogP contribution in [0.25, 0.3) is 33.1 Å². The van der Waals surface area contributed by atoms with Crippen molar-refractivity contribution in [2.24, 2.45) is 11.0 Å². The lowest BCUT2D eigenvalue weighted by atomic mass is 9.97. The third kappa shape index (κ3) is 4.32. The molecular formula is C30H27F2N5O2. The minimum absolute atomic E-state index is 0.0518. The molecule has 2 unspecified atom stereocenters. The van der Waals surface area contributed by atoms with Gasteiger partial charge in [-0.15, -0.1) is 5.10 Å². The van der Waals surface area contributed by atoms with Gasteiger partial charge < -0.3 is 9.15 Å². The monoisotopic (exact) mass is 527 g/mol. The summed E-state index contributed by atoms with van der Waals surface area (Å²) in [6.07, 6.45) is 3.13. The van der Waals surface area contributed by atoms with E-state index in [9.17, 15) is 8.78 Å². The predicted molar refractivity (Wildman–Crippen MR) is 145 cm³/mol. The van der Waals surface area contributed by atoms with Gasteiger partial charge >= 0.3 is 0 Å². The Balaban J connectivity index is 1.10. The topological polar surface area (TPSA) is 69.9 Å². The summed E-state index contributed by atoms with van der Waals surface area (Å²) in [7, 11) is 1.90. The summed E-state index contributed by atoms with van der Waals surface area (Å²) >= 11 is 0. The molecule has 2 aliphatic heterocycles. The Morgan fingerprint density at radius 2 is 1.92 bits per heavy atom. The van der Waals surface area contributed by atoms with Crippen LogP contribution in [0.15, 0.2) is 76.4 Å². The van der Waals surface area contributed by atoms with Crippen molar-refractivity contribution in [3.8, 4) is 11.3 Å². The Morgan fingerprint density at radius 3 is 2.79 bits per heavy atom. The second kappa shape index (κ2) is 9.50. The number of aromatic amines is 1. The molecule has 5 aromatic rings. The van der Waals surface area contributed by atoms with Crippen molar-refractivity contribution in [1.29, 1.82) is 0 Å². The molecule has 3 aromatic carbocycles.